The van der Waals surface area contributed by atoms with Gasteiger partial charge in [0.05, 0.1) is 10.1 Å². The second-order valence-corrected chi connectivity index (χ2v) is 9.47. The van der Waals surface area contributed by atoms with Gasteiger partial charge in [-0.15, -0.1) is 10.2 Å². The molecule has 0 fully saturated rings. The Morgan fingerprint density at radius 1 is 1.20 bits per heavy atom. The van der Waals surface area contributed by atoms with Crippen LogP contribution in [0.15, 0.2) is 33.5 Å². The molecule has 134 valence electrons. The molecule has 0 aliphatic carbocycles. The summed E-state index contributed by atoms with van der Waals surface area (Å²) in [5.41, 5.74) is 0.452. The maximum atomic E-state index is 12.2. The third-order valence-corrected chi connectivity index (χ3v) is 6.34. The zero-order valence-electron chi connectivity index (χ0n) is 13.6. The van der Waals surface area contributed by atoms with Crippen LogP contribution < -0.4 is 10.0 Å². The van der Waals surface area contributed by atoms with Gasteiger partial charge in [0.1, 0.15) is 5.01 Å². The van der Waals surface area contributed by atoms with E-state index in [9.17, 15) is 18.0 Å². The normalized spacial score (nSPS) is 12.4. The Morgan fingerprint density at radius 3 is 2.36 bits per heavy atom. The van der Waals surface area contributed by atoms with Crippen molar-refractivity contribution in [3.8, 4) is 0 Å². The largest absolute Gasteiger partial charge is 0.325 e. The lowest BCUT2D eigenvalue weighted by atomic mass is 10.3. The molecule has 25 heavy (non-hydrogen) atoms. The number of benzene rings is 1. The molecule has 1 aromatic heterocycles. The summed E-state index contributed by atoms with van der Waals surface area (Å²) in [6.45, 7) is 4.69. The van der Waals surface area contributed by atoms with Gasteiger partial charge in [-0.2, -0.15) is 0 Å². The molecule has 0 bridgehead atoms. The van der Waals surface area contributed by atoms with Crippen molar-refractivity contribution in [2.45, 2.75) is 35.3 Å². The molecule has 0 saturated carbocycles. The van der Waals surface area contributed by atoms with Gasteiger partial charge in [-0.3, -0.25) is 9.59 Å². The number of rotatable bonds is 6. The van der Waals surface area contributed by atoms with Crippen LogP contribution >= 0.6 is 23.1 Å². The van der Waals surface area contributed by atoms with Crippen LogP contribution in [0.5, 0.6) is 0 Å². The fraction of sp³-hybridized carbons (Fsp3) is 0.286. The van der Waals surface area contributed by atoms with E-state index in [1.54, 1.807) is 6.92 Å². The van der Waals surface area contributed by atoms with Crippen LogP contribution in [0.2, 0.25) is 0 Å². The smallest absolute Gasteiger partial charge is 0.264 e. The van der Waals surface area contributed by atoms with Crippen LogP contribution in [0.4, 0.5) is 5.69 Å². The second-order valence-electron chi connectivity index (χ2n) is 5.02. The molecular formula is C14H16N4O4S3. The van der Waals surface area contributed by atoms with Gasteiger partial charge in [0, 0.05) is 12.6 Å². The Labute approximate surface area is 153 Å². The first kappa shape index (κ1) is 19.3. The SMILES string of the molecule is CC(=O)NS(=O)(=O)c1ccc(NC(=O)C(C)Sc2nnc(C)s2)cc1. The zero-order chi connectivity index (χ0) is 18.6. The summed E-state index contributed by atoms with van der Waals surface area (Å²) in [6.07, 6.45) is 0. The minimum atomic E-state index is -3.89. The summed E-state index contributed by atoms with van der Waals surface area (Å²) in [5, 5.41) is 11.0. The van der Waals surface area contributed by atoms with Gasteiger partial charge in [0.15, 0.2) is 4.34 Å². The number of nitrogens with one attached hydrogen (secondary N) is 2. The first-order valence-corrected chi connectivity index (χ1v) is 10.3. The molecule has 1 atom stereocenters. The van der Waals surface area contributed by atoms with Crippen molar-refractivity contribution in [2.75, 3.05) is 5.32 Å². The number of sulfonamides is 1. The van der Waals surface area contributed by atoms with Crippen molar-refractivity contribution >= 4 is 50.6 Å². The third-order valence-electron chi connectivity index (χ3n) is 2.86. The number of aryl methyl sites for hydroxylation is 1. The number of thioether (sulfide) groups is 1. The summed E-state index contributed by atoms with van der Waals surface area (Å²) in [5.74, 6) is -0.912. The van der Waals surface area contributed by atoms with E-state index < -0.39 is 21.2 Å². The molecule has 0 aliphatic rings. The number of hydrogen-bond acceptors (Lipinski definition) is 8. The van der Waals surface area contributed by atoms with E-state index in [1.165, 1.54) is 47.4 Å². The van der Waals surface area contributed by atoms with Crippen LogP contribution in [-0.4, -0.2) is 35.7 Å². The highest BCUT2D eigenvalue weighted by Crippen LogP contribution is 2.27. The average Bonchev–Trinajstić information content (AvgIpc) is 2.91. The van der Waals surface area contributed by atoms with E-state index in [1.807, 2.05) is 11.6 Å². The summed E-state index contributed by atoms with van der Waals surface area (Å²) >= 11 is 2.70. The van der Waals surface area contributed by atoms with E-state index in [0.717, 1.165) is 11.9 Å². The summed E-state index contributed by atoms with van der Waals surface area (Å²) < 4.78 is 26.3. The molecule has 2 N–H and O–H groups in total. The third kappa shape index (κ3) is 5.51. The molecule has 2 aromatic rings. The Balaban J connectivity index is 2.00. The van der Waals surface area contributed by atoms with Gasteiger partial charge in [0.2, 0.25) is 11.8 Å². The lowest BCUT2D eigenvalue weighted by molar-refractivity contribution is -0.117. The molecule has 2 rings (SSSR count). The highest BCUT2D eigenvalue weighted by Gasteiger charge is 2.18. The maximum Gasteiger partial charge on any atom is 0.264 e. The molecule has 11 heteroatoms. The quantitative estimate of drug-likeness (QED) is 0.710. The Bertz CT molecular complexity index is 878. The van der Waals surface area contributed by atoms with Crippen molar-refractivity contribution in [2.24, 2.45) is 0 Å². The Morgan fingerprint density at radius 2 is 1.84 bits per heavy atom. The van der Waals surface area contributed by atoms with Crippen LogP contribution in [-0.2, 0) is 19.6 Å². The van der Waals surface area contributed by atoms with Crippen molar-refractivity contribution in [3.05, 3.63) is 29.3 Å². The molecule has 0 aliphatic heterocycles. The first-order chi connectivity index (χ1) is 11.7. The molecule has 1 unspecified atom stereocenters. The van der Waals surface area contributed by atoms with E-state index in [-0.39, 0.29) is 10.8 Å². The molecule has 0 radical (unpaired) electrons. The van der Waals surface area contributed by atoms with Gasteiger partial charge in [-0.1, -0.05) is 23.1 Å². The average molecular weight is 401 g/mol. The Hall–Kier alpha value is -1.98. The van der Waals surface area contributed by atoms with Crippen LogP contribution in [0.3, 0.4) is 0 Å². The fourth-order valence-corrected chi connectivity index (χ4v) is 4.69. The minimum Gasteiger partial charge on any atom is -0.325 e. The van der Waals surface area contributed by atoms with E-state index in [2.05, 4.69) is 15.5 Å². The number of hydrogen-bond donors (Lipinski definition) is 2. The van der Waals surface area contributed by atoms with Crippen molar-refractivity contribution < 1.29 is 18.0 Å². The fourth-order valence-electron chi connectivity index (χ4n) is 1.74. The van der Waals surface area contributed by atoms with E-state index in [0.29, 0.717) is 10.0 Å². The van der Waals surface area contributed by atoms with Gasteiger partial charge < -0.3 is 5.32 Å². The number of amides is 2. The van der Waals surface area contributed by atoms with Gasteiger partial charge in [-0.25, -0.2) is 13.1 Å². The molecule has 1 aromatic carbocycles. The summed E-state index contributed by atoms with van der Waals surface area (Å²) in [6, 6.07) is 5.54. The molecular weight excluding hydrogens is 384 g/mol. The first-order valence-electron chi connectivity index (χ1n) is 7.08. The second kappa shape index (κ2) is 7.93. The van der Waals surface area contributed by atoms with Crippen LogP contribution in [0, 0.1) is 6.92 Å². The molecule has 0 spiro atoms. The maximum absolute atomic E-state index is 12.2. The van der Waals surface area contributed by atoms with Crippen molar-refractivity contribution in [3.63, 3.8) is 0 Å². The van der Waals surface area contributed by atoms with Crippen LogP contribution in [0.1, 0.15) is 18.9 Å². The summed E-state index contributed by atoms with van der Waals surface area (Å²) in [7, 11) is -3.89. The van der Waals surface area contributed by atoms with Crippen LogP contribution in [0.25, 0.3) is 0 Å². The van der Waals surface area contributed by atoms with Crippen molar-refractivity contribution in [1.29, 1.82) is 0 Å². The molecule has 2 amide bonds. The number of aromatic nitrogens is 2. The highest BCUT2D eigenvalue weighted by molar-refractivity contribution is 8.02. The lowest BCUT2D eigenvalue weighted by Gasteiger charge is -2.11. The van der Waals surface area contributed by atoms with E-state index in [4.69, 9.17) is 0 Å². The Kier molecular flexibility index (Phi) is 6.14. The van der Waals surface area contributed by atoms with Gasteiger partial charge in [-0.05, 0) is 38.1 Å². The number of nitrogens with zero attached hydrogens (tertiary/aromatic N) is 2. The molecule has 0 saturated heterocycles. The van der Waals surface area contributed by atoms with E-state index >= 15 is 0 Å². The predicted molar refractivity (Wildman–Crippen MR) is 96.0 cm³/mol. The molecule has 8 nitrogen and oxygen atoms in total. The predicted octanol–water partition coefficient (Wildman–Crippen LogP) is 1.79. The zero-order valence-corrected chi connectivity index (χ0v) is 16.1. The number of carbonyl (C=O) groups is 2. The standard InChI is InChI=1S/C14H16N4O4S3/c1-8(23-14-17-16-10(3)24-14)13(20)15-11-4-6-12(7-5-11)25(21,22)18-9(2)19/h4-8H,1-3H3,(H,15,20)(H,18,19). The molecule has 1 heterocycles. The topological polar surface area (TPSA) is 118 Å². The number of carbonyl (C=O) groups excluding carboxylic acids is 2. The lowest BCUT2D eigenvalue weighted by Crippen LogP contribution is -2.28. The van der Waals surface area contributed by atoms with Crippen molar-refractivity contribution in [1.82, 2.24) is 14.9 Å². The summed E-state index contributed by atoms with van der Waals surface area (Å²) in [4.78, 5) is 23.1. The number of anilines is 1. The van der Waals surface area contributed by atoms with Gasteiger partial charge >= 0.3 is 0 Å². The monoisotopic (exact) mass is 400 g/mol. The minimum absolute atomic E-state index is 0.0625. The highest BCUT2D eigenvalue weighted by atomic mass is 32.2. The van der Waals surface area contributed by atoms with Gasteiger partial charge in [0.25, 0.3) is 10.0 Å².